The van der Waals surface area contributed by atoms with Crippen molar-refractivity contribution in [2.24, 2.45) is 7.05 Å². The van der Waals surface area contributed by atoms with E-state index >= 15 is 0 Å². The highest BCUT2D eigenvalue weighted by Gasteiger charge is 2.22. The minimum absolute atomic E-state index is 0. The lowest BCUT2D eigenvalue weighted by Crippen LogP contribution is -2.27. The third-order valence-electron chi connectivity index (χ3n) is 4.10. The molecule has 2 aromatic carbocycles. The van der Waals surface area contributed by atoms with Gasteiger partial charge in [0, 0.05) is 10.8 Å². The van der Waals surface area contributed by atoms with Gasteiger partial charge in [-0.25, -0.2) is 4.79 Å². The van der Waals surface area contributed by atoms with Crippen LogP contribution in [0.2, 0.25) is 0 Å². The SMILES string of the molecule is C[n+]1cc2ccccc2c2nn(-c3ccc(C(=O)O)cc3)c(O)c21.[OH-]. The second-order valence-corrected chi connectivity index (χ2v) is 5.61. The molecule has 4 rings (SSSR count). The predicted molar refractivity (Wildman–Crippen MR) is 90.3 cm³/mol. The van der Waals surface area contributed by atoms with Crippen molar-refractivity contribution in [3.63, 3.8) is 0 Å². The standard InChI is InChI=1S/C18H13N3O3.H2O/c1-20-10-12-4-2-3-5-14(12)15-16(20)17(22)21(19-15)13-8-6-11(7-9-13)18(23)24;/h2-10H,1H3,(H-,19,22,23,24);1H2. The van der Waals surface area contributed by atoms with Gasteiger partial charge in [-0.2, -0.15) is 14.3 Å². The van der Waals surface area contributed by atoms with Gasteiger partial charge in [0.1, 0.15) is 7.05 Å². The van der Waals surface area contributed by atoms with Crippen LogP contribution in [0.4, 0.5) is 0 Å². The van der Waals surface area contributed by atoms with Crippen LogP contribution in [0.3, 0.4) is 0 Å². The molecule has 7 heteroatoms. The molecular formula is C18H15N3O4. The maximum absolute atomic E-state index is 11.0. The van der Waals surface area contributed by atoms with Gasteiger partial charge in [-0.05, 0) is 30.3 Å². The molecule has 0 aliphatic rings. The summed E-state index contributed by atoms with van der Waals surface area (Å²) in [6.45, 7) is 0. The second kappa shape index (κ2) is 5.88. The van der Waals surface area contributed by atoms with Crippen LogP contribution in [0.25, 0.3) is 27.5 Å². The molecule has 7 nitrogen and oxygen atoms in total. The summed E-state index contributed by atoms with van der Waals surface area (Å²) >= 11 is 0. The Hall–Kier alpha value is -3.45. The topological polar surface area (TPSA) is 109 Å². The van der Waals surface area contributed by atoms with Crippen molar-refractivity contribution in [2.45, 2.75) is 0 Å². The van der Waals surface area contributed by atoms with Gasteiger partial charge in [0.2, 0.25) is 0 Å². The number of aromatic hydroxyl groups is 1. The normalized spacial score (nSPS) is 10.8. The van der Waals surface area contributed by atoms with Crippen LogP contribution in [0, 0.1) is 0 Å². The van der Waals surface area contributed by atoms with E-state index < -0.39 is 5.97 Å². The Balaban J connectivity index is 0.00000182. The molecule has 25 heavy (non-hydrogen) atoms. The highest BCUT2D eigenvalue weighted by molar-refractivity contribution is 6.03. The van der Waals surface area contributed by atoms with Crippen molar-refractivity contribution >= 4 is 27.8 Å². The van der Waals surface area contributed by atoms with Crippen LogP contribution in [0.5, 0.6) is 5.88 Å². The van der Waals surface area contributed by atoms with Crippen LogP contribution in [0.1, 0.15) is 10.4 Å². The minimum Gasteiger partial charge on any atom is -0.870 e. The van der Waals surface area contributed by atoms with Crippen LogP contribution in [0.15, 0.2) is 54.7 Å². The van der Waals surface area contributed by atoms with Crippen molar-refractivity contribution in [1.29, 1.82) is 0 Å². The lowest BCUT2D eigenvalue weighted by atomic mass is 10.1. The van der Waals surface area contributed by atoms with Crippen LogP contribution in [-0.4, -0.2) is 31.4 Å². The van der Waals surface area contributed by atoms with E-state index in [-0.39, 0.29) is 16.9 Å². The molecule has 0 saturated carbocycles. The average Bonchev–Trinajstić information content (AvgIpc) is 2.93. The molecule has 0 amide bonds. The Bertz CT molecular complexity index is 1100. The lowest BCUT2D eigenvalue weighted by Gasteiger charge is -2.02. The van der Waals surface area contributed by atoms with Gasteiger partial charge in [0.05, 0.1) is 11.3 Å². The number of rotatable bonds is 2. The van der Waals surface area contributed by atoms with Gasteiger partial charge in [-0.15, -0.1) is 0 Å². The average molecular weight is 337 g/mol. The number of hydrogen-bond donors (Lipinski definition) is 2. The summed E-state index contributed by atoms with van der Waals surface area (Å²) in [5.74, 6) is -0.977. The van der Waals surface area contributed by atoms with Crippen molar-refractivity contribution < 1.29 is 25.1 Å². The van der Waals surface area contributed by atoms with Gasteiger partial charge >= 0.3 is 5.97 Å². The number of pyridine rings is 1. The Morgan fingerprint density at radius 1 is 1.12 bits per heavy atom. The monoisotopic (exact) mass is 337 g/mol. The molecule has 126 valence electrons. The van der Waals surface area contributed by atoms with E-state index in [0.29, 0.717) is 16.7 Å². The summed E-state index contributed by atoms with van der Waals surface area (Å²) in [4.78, 5) is 11.0. The molecule has 0 aliphatic heterocycles. The van der Waals surface area contributed by atoms with E-state index in [1.165, 1.54) is 16.8 Å². The largest absolute Gasteiger partial charge is 0.870 e. The van der Waals surface area contributed by atoms with E-state index in [4.69, 9.17) is 5.11 Å². The third kappa shape index (κ3) is 2.47. The summed E-state index contributed by atoms with van der Waals surface area (Å²) in [6, 6.07) is 14.1. The Kier molecular flexibility index (Phi) is 3.86. The molecule has 0 spiro atoms. The number of hydrogen-bond acceptors (Lipinski definition) is 4. The van der Waals surface area contributed by atoms with E-state index in [0.717, 1.165) is 10.8 Å². The number of carboxylic acids is 1. The zero-order valence-corrected chi connectivity index (χ0v) is 13.3. The first-order valence-electron chi connectivity index (χ1n) is 7.39. The number of carbonyl (C=O) groups is 1. The number of aryl methyl sites for hydroxylation is 1. The number of aromatic carboxylic acids is 1. The molecule has 0 unspecified atom stereocenters. The molecule has 4 aromatic rings. The van der Waals surface area contributed by atoms with Crippen molar-refractivity contribution in [3.8, 4) is 11.6 Å². The summed E-state index contributed by atoms with van der Waals surface area (Å²) in [5, 5.41) is 26.1. The second-order valence-electron chi connectivity index (χ2n) is 5.61. The number of carboxylic acid groups (broad SMARTS) is 1. The van der Waals surface area contributed by atoms with E-state index in [9.17, 15) is 9.90 Å². The highest BCUT2D eigenvalue weighted by atomic mass is 16.4. The fourth-order valence-corrected chi connectivity index (χ4v) is 2.93. The fourth-order valence-electron chi connectivity index (χ4n) is 2.93. The zero-order chi connectivity index (χ0) is 16.8. The first kappa shape index (κ1) is 16.4. The van der Waals surface area contributed by atoms with Gasteiger partial charge in [0.15, 0.2) is 11.7 Å². The first-order chi connectivity index (χ1) is 11.6. The van der Waals surface area contributed by atoms with Crippen LogP contribution >= 0.6 is 0 Å². The van der Waals surface area contributed by atoms with Crippen LogP contribution < -0.4 is 4.57 Å². The Morgan fingerprint density at radius 3 is 2.48 bits per heavy atom. The zero-order valence-electron chi connectivity index (χ0n) is 13.3. The quantitative estimate of drug-likeness (QED) is 0.545. The maximum atomic E-state index is 11.0. The molecule has 2 heterocycles. The minimum atomic E-state index is -0.992. The van der Waals surface area contributed by atoms with E-state index in [2.05, 4.69) is 5.10 Å². The third-order valence-corrected chi connectivity index (χ3v) is 4.10. The van der Waals surface area contributed by atoms with Gasteiger partial charge < -0.3 is 15.7 Å². The predicted octanol–water partition coefficient (Wildman–Crippen LogP) is 2.23. The number of fused-ring (bicyclic) bond motifs is 3. The van der Waals surface area contributed by atoms with E-state index in [1.807, 2.05) is 42.1 Å². The molecule has 3 N–H and O–H groups in total. The number of benzene rings is 2. The van der Waals surface area contributed by atoms with Gasteiger partial charge in [0.25, 0.3) is 11.4 Å². The summed E-state index contributed by atoms with van der Waals surface area (Å²) in [5.41, 5.74) is 2.09. The van der Waals surface area contributed by atoms with Crippen molar-refractivity contribution in [1.82, 2.24) is 9.78 Å². The molecule has 0 saturated heterocycles. The maximum Gasteiger partial charge on any atom is 0.335 e. The summed E-state index contributed by atoms with van der Waals surface area (Å²) < 4.78 is 3.25. The lowest BCUT2D eigenvalue weighted by molar-refractivity contribution is -0.643. The molecule has 0 atom stereocenters. The van der Waals surface area contributed by atoms with E-state index in [1.54, 1.807) is 12.1 Å². The first-order valence-corrected chi connectivity index (χ1v) is 7.39. The molecule has 0 bridgehead atoms. The number of aromatic nitrogens is 3. The smallest absolute Gasteiger partial charge is 0.335 e. The summed E-state index contributed by atoms with van der Waals surface area (Å²) in [7, 11) is 1.86. The molecule has 0 radical (unpaired) electrons. The Morgan fingerprint density at radius 2 is 1.80 bits per heavy atom. The Labute approximate surface area is 142 Å². The highest BCUT2D eigenvalue weighted by Crippen LogP contribution is 2.29. The van der Waals surface area contributed by atoms with Crippen LogP contribution in [-0.2, 0) is 7.05 Å². The van der Waals surface area contributed by atoms with Gasteiger partial charge in [-0.3, -0.25) is 0 Å². The molecule has 2 aromatic heterocycles. The number of nitrogens with zero attached hydrogens (tertiary/aromatic N) is 3. The molecular weight excluding hydrogens is 322 g/mol. The van der Waals surface area contributed by atoms with Crippen molar-refractivity contribution in [2.75, 3.05) is 0 Å². The fraction of sp³-hybridized carbons (Fsp3) is 0.0556. The molecule has 0 aliphatic carbocycles. The molecule has 0 fully saturated rings. The van der Waals surface area contributed by atoms with Gasteiger partial charge in [-0.1, -0.05) is 18.2 Å². The van der Waals surface area contributed by atoms with Crippen molar-refractivity contribution in [3.05, 3.63) is 60.3 Å². The summed E-state index contributed by atoms with van der Waals surface area (Å²) in [6.07, 6.45) is 1.94.